The lowest BCUT2D eigenvalue weighted by Crippen LogP contribution is -2.24. The molecule has 0 fully saturated rings. The number of halogens is 4. The number of nitrogens with zero attached hydrogens (tertiary/aromatic N) is 1. The summed E-state index contributed by atoms with van der Waals surface area (Å²) in [5, 5.41) is 11.0. The van der Waals surface area contributed by atoms with E-state index < -0.39 is 23.6 Å². The van der Waals surface area contributed by atoms with Crippen LogP contribution in [0.1, 0.15) is 18.1 Å². The van der Waals surface area contributed by atoms with Crippen molar-refractivity contribution >= 4 is 23.4 Å². The third-order valence-electron chi connectivity index (χ3n) is 3.47. The second-order valence-corrected chi connectivity index (χ2v) is 6.62. The number of anilines is 1. The van der Waals surface area contributed by atoms with Crippen LogP contribution in [0, 0.1) is 23.1 Å². The van der Waals surface area contributed by atoms with E-state index >= 15 is 0 Å². The summed E-state index contributed by atoms with van der Waals surface area (Å²) in [7, 11) is 0. The minimum atomic E-state index is -4.69. The molecule has 0 aliphatic heterocycles. The van der Waals surface area contributed by atoms with Gasteiger partial charge in [-0.1, -0.05) is 6.92 Å². The Kier molecular flexibility index (Phi) is 6.27. The highest BCUT2D eigenvalue weighted by atomic mass is 32.2. The zero-order valence-electron chi connectivity index (χ0n) is 13.6. The first-order valence-electron chi connectivity index (χ1n) is 7.51. The van der Waals surface area contributed by atoms with Gasteiger partial charge in [0.1, 0.15) is 5.82 Å². The summed E-state index contributed by atoms with van der Waals surface area (Å²) in [6, 6.07) is 10.3. The van der Waals surface area contributed by atoms with Gasteiger partial charge < -0.3 is 5.32 Å². The van der Waals surface area contributed by atoms with Gasteiger partial charge in [0.2, 0.25) is 5.91 Å². The monoisotopic (exact) mass is 382 g/mol. The van der Waals surface area contributed by atoms with Crippen LogP contribution in [0.3, 0.4) is 0 Å². The predicted molar refractivity (Wildman–Crippen MR) is 91.1 cm³/mol. The van der Waals surface area contributed by atoms with Crippen molar-refractivity contribution in [3.8, 4) is 6.07 Å². The van der Waals surface area contributed by atoms with Crippen molar-refractivity contribution in [3.05, 3.63) is 59.4 Å². The van der Waals surface area contributed by atoms with Crippen LogP contribution < -0.4 is 5.32 Å². The van der Waals surface area contributed by atoms with Crippen molar-refractivity contribution in [2.24, 2.45) is 5.92 Å². The molecule has 136 valence electrons. The topological polar surface area (TPSA) is 52.9 Å². The summed E-state index contributed by atoms with van der Waals surface area (Å²) >= 11 is 1.30. The van der Waals surface area contributed by atoms with E-state index in [-0.39, 0.29) is 17.1 Å². The molecule has 1 atom stereocenters. The van der Waals surface area contributed by atoms with Gasteiger partial charge in [-0.15, -0.1) is 11.8 Å². The van der Waals surface area contributed by atoms with E-state index in [0.29, 0.717) is 11.8 Å². The third kappa shape index (κ3) is 5.23. The standard InChI is InChI=1S/C18H14F4N2OS/c1-11(10-26-14-5-3-13(19)4-6-14)17(25)24-16-7-2-12(9-23)8-15(16)18(20,21)22/h2-8,11H,10H2,1H3,(H,24,25). The lowest BCUT2D eigenvalue weighted by Gasteiger charge is -2.16. The number of nitrogens with one attached hydrogen (secondary N) is 1. The Balaban J connectivity index is 2.06. The third-order valence-corrected chi connectivity index (χ3v) is 4.75. The van der Waals surface area contributed by atoms with E-state index in [1.807, 2.05) is 0 Å². The molecule has 8 heteroatoms. The van der Waals surface area contributed by atoms with E-state index in [0.717, 1.165) is 11.0 Å². The molecule has 0 aliphatic rings. The van der Waals surface area contributed by atoms with Gasteiger partial charge in [0.25, 0.3) is 0 Å². The Bertz CT molecular complexity index is 829. The predicted octanol–water partition coefficient (Wildman–Crippen LogP) is 5.08. The smallest absolute Gasteiger partial charge is 0.325 e. The minimum Gasteiger partial charge on any atom is -0.325 e. The molecular formula is C18H14F4N2OS. The molecule has 3 nitrogen and oxygen atoms in total. The number of thioether (sulfide) groups is 1. The molecule has 0 aromatic heterocycles. The van der Waals surface area contributed by atoms with Gasteiger partial charge in [-0.2, -0.15) is 18.4 Å². The Morgan fingerprint density at radius 3 is 2.46 bits per heavy atom. The number of hydrogen-bond donors (Lipinski definition) is 1. The zero-order chi connectivity index (χ0) is 19.3. The maximum atomic E-state index is 13.1. The molecule has 1 unspecified atom stereocenters. The molecule has 0 spiro atoms. The molecule has 1 amide bonds. The first-order valence-corrected chi connectivity index (χ1v) is 8.50. The maximum absolute atomic E-state index is 13.1. The first kappa shape index (κ1) is 19.8. The number of carbonyl (C=O) groups excluding carboxylic acids is 1. The van der Waals surface area contributed by atoms with Crippen molar-refractivity contribution in [2.75, 3.05) is 11.1 Å². The summed E-state index contributed by atoms with van der Waals surface area (Å²) in [5.41, 5.74) is -1.60. The van der Waals surface area contributed by atoms with E-state index in [1.54, 1.807) is 25.1 Å². The van der Waals surface area contributed by atoms with Crippen LogP contribution >= 0.6 is 11.8 Å². The highest BCUT2D eigenvalue weighted by molar-refractivity contribution is 7.99. The molecule has 0 bridgehead atoms. The molecule has 2 aromatic rings. The van der Waals surface area contributed by atoms with Crippen LogP contribution in [-0.2, 0) is 11.0 Å². The average molecular weight is 382 g/mol. The van der Waals surface area contributed by atoms with Crippen LogP contribution in [0.15, 0.2) is 47.4 Å². The largest absolute Gasteiger partial charge is 0.418 e. The van der Waals surface area contributed by atoms with Crippen molar-refractivity contribution in [2.45, 2.75) is 18.0 Å². The molecule has 2 aromatic carbocycles. The first-order chi connectivity index (χ1) is 12.2. The second-order valence-electron chi connectivity index (χ2n) is 5.53. The Morgan fingerprint density at radius 1 is 1.23 bits per heavy atom. The SMILES string of the molecule is CC(CSc1ccc(F)cc1)C(=O)Nc1ccc(C#N)cc1C(F)(F)F. The minimum absolute atomic E-state index is 0.143. The number of rotatable bonds is 5. The van der Waals surface area contributed by atoms with Crippen LogP contribution in [0.4, 0.5) is 23.2 Å². The lowest BCUT2D eigenvalue weighted by molar-refractivity contribution is -0.137. The van der Waals surface area contributed by atoms with Crippen molar-refractivity contribution in [1.82, 2.24) is 0 Å². The highest BCUT2D eigenvalue weighted by Gasteiger charge is 2.34. The van der Waals surface area contributed by atoms with Gasteiger partial charge in [0.15, 0.2) is 0 Å². The molecule has 0 saturated heterocycles. The van der Waals surface area contributed by atoms with E-state index in [9.17, 15) is 22.4 Å². The zero-order valence-corrected chi connectivity index (χ0v) is 14.4. The van der Waals surface area contributed by atoms with E-state index in [2.05, 4.69) is 5.32 Å². The molecular weight excluding hydrogens is 368 g/mol. The normalized spacial score (nSPS) is 12.3. The number of carbonyl (C=O) groups is 1. The molecule has 0 saturated carbocycles. The molecule has 26 heavy (non-hydrogen) atoms. The molecule has 0 heterocycles. The van der Waals surface area contributed by atoms with Crippen LogP contribution in [-0.4, -0.2) is 11.7 Å². The van der Waals surface area contributed by atoms with Crippen molar-refractivity contribution in [1.29, 1.82) is 5.26 Å². The average Bonchev–Trinajstić information content (AvgIpc) is 2.60. The Morgan fingerprint density at radius 2 is 1.88 bits per heavy atom. The van der Waals surface area contributed by atoms with Crippen molar-refractivity contribution in [3.63, 3.8) is 0 Å². The van der Waals surface area contributed by atoms with Gasteiger partial charge in [-0.3, -0.25) is 4.79 Å². The van der Waals surface area contributed by atoms with E-state index in [1.165, 1.54) is 30.0 Å². The number of amides is 1. The van der Waals surface area contributed by atoms with Crippen LogP contribution in [0.5, 0.6) is 0 Å². The van der Waals surface area contributed by atoms with Crippen LogP contribution in [0.2, 0.25) is 0 Å². The summed E-state index contributed by atoms with van der Waals surface area (Å²) in [4.78, 5) is 13.0. The lowest BCUT2D eigenvalue weighted by atomic mass is 10.1. The maximum Gasteiger partial charge on any atom is 0.418 e. The van der Waals surface area contributed by atoms with Gasteiger partial charge in [-0.05, 0) is 42.5 Å². The summed E-state index contributed by atoms with van der Waals surface area (Å²) in [5.74, 6) is -1.22. The fraction of sp³-hybridized carbons (Fsp3) is 0.222. The van der Waals surface area contributed by atoms with E-state index in [4.69, 9.17) is 5.26 Å². The summed E-state index contributed by atoms with van der Waals surface area (Å²) in [6.45, 7) is 1.59. The fourth-order valence-corrected chi connectivity index (χ4v) is 2.96. The Labute approximate surface area is 152 Å². The Hall–Kier alpha value is -2.53. The van der Waals surface area contributed by atoms with Crippen molar-refractivity contribution < 1.29 is 22.4 Å². The molecule has 0 radical (unpaired) electrons. The second kappa shape index (κ2) is 8.23. The number of nitriles is 1. The van der Waals surface area contributed by atoms with Gasteiger partial charge >= 0.3 is 6.18 Å². The van der Waals surface area contributed by atoms with Gasteiger partial charge in [0, 0.05) is 16.6 Å². The summed E-state index contributed by atoms with van der Waals surface area (Å²) in [6.07, 6.45) is -4.69. The highest BCUT2D eigenvalue weighted by Crippen LogP contribution is 2.35. The van der Waals surface area contributed by atoms with Crippen LogP contribution in [0.25, 0.3) is 0 Å². The number of alkyl halides is 3. The quantitative estimate of drug-likeness (QED) is 0.579. The van der Waals surface area contributed by atoms with Gasteiger partial charge in [0.05, 0.1) is 22.9 Å². The molecule has 1 N–H and O–H groups in total. The molecule has 0 aliphatic carbocycles. The number of hydrogen-bond acceptors (Lipinski definition) is 3. The summed E-state index contributed by atoms with van der Waals surface area (Å²) < 4.78 is 52.2. The number of benzene rings is 2. The molecule has 2 rings (SSSR count). The fourth-order valence-electron chi connectivity index (χ4n) is 2.04. The van der Waals surface area contributed by atoms with Gasteiger partial charge in [-0.25, -0.2) is 4.39 Å².